The highest BCUT2D eigenvalue weighted by Gasteiger charge is 2.17. The van der Waals surface area contributed by atoms with Crippen LogP contribution in [0.25, 0.3) is 5.70 Å². The molecule has 0 spiro atoms. The molecular formula is C14H23N5O3. The molecule has 1 rings (SSSR count). The maximum Gasteiger partial charge on any atom is 0.407 e. The molecule has 22 heavy (non-hydrogen) atoms. The second-order valence-corrected chi connectivity index (χ2v) is 5.73. The molecule has 0 fully saturated rings. The molecule has 1 aromatic heterocycles. The van der Waals surface area contributed by atoms with E-state index < -0.39 is 11.7 Å². The third-order valence-electron chi connectivity index (χ3n) is 2.56. The van der Waals surface area contributed by atoms with Crippen LogP contribution in [0.2, 0.25) is 0 Å². The van der Waals surface area contributed by atoms with Gasteiger partial charge in [-0.25, -0.2) is 10.6 Å². The average Bonchev–Trinajstić information content (AvgIpc) is 2.37. The zero-order chi connectivity index (χ0) is 16.9. The molecule has 0 aromatic carbocycles. The molecule has 1 heterocycles. The lowest BCUT2D eigenvalue weighted by Crippen LogP contribution is -2.38. The van der Waals surface area contributed by atoms with Crippen molar-refractivity contribution in [2.45, 2.75) is 26.4 Å². The third kappa shape index (κ3) is 5.49. The highest BCUT2D eigenvalue weighted by atomic mass is 16.6. The summed E-state index contributed by atoms with van der Waals surface area (Å²) in [6.45, 7) is 5.39. The van der Waals surface area contributed by atoms with Gasteiger partial charge in [0.15, 0.2) is 0 Å². The Morgan fingerprint density at radius 1 is 1.45 bits per heavy atom. The second kappa shape index (κ2) is 6.99. The van der Waals surface area contributed by atoms with Crippen LogP contribution in [0.3, 0.4) is 0 Å². The second-order valence-electron chi connectivity index (χ2n) is 5.73. The monoisotopic (exact) mass is 309 g/mol. The van der Waals surface area contributed by atoms with E-state index in [2.05, 4.69) is 10.3 Å². The molecule has 0 aliphatic heterocycles. The van der Waals surface area contributed by atoms with Crippen LogP contribution < -0.4 is 16.9 Å². The summed E-state index contributed by atoms with van der Waals surface area (Å²) in [5.41, 5.74) is 6.63. The summed E-state index contributed by atoms with van der Waals surface area (Å²) in [7, 11) is 1.60. The molecule has 0 bridgehead atoms. The van der Waals surface area contributed by atoms with E-state index in [1.54, 1.807) is 33.9 Å². The van der Waals surface area contributed by atoms with Crippen LogP contribution in [0.1, 0.15) is 26.5 Å². The number of aromatic hydroxyl groups is 1. The number of carbonyl (C=O) groups excluding carboxylic acids is 1. The Morgan fingerprint density at radius 2 is 2.09 bits per heavy atom. The van der Waals surface area contributed by atoms with Crippen LogP contribution in [-0.2, 0) is 4.74 Å². The van der Waals surface area contributed by atoms with E-state index in [0.717, 1.165) is 0 Å². The van der Waals surface area contributed by atoms with Gasteiger partial charge in [0.25, 0.3) is 0 Å². The molecule has 0 atom stereocenters. The number of hydrogen-bond donors (Lipinski definition) is 4. The molecule has 1 aromatic rings. The molecule has 0 radical (unpaired) electrons. The van der Waals surface area contributed by atoms with Crippen molar-refractivity contribution in [3.8, 4) is 5.75 Å². The summed E-state index contributed by atoms with van der Waals surface area (Å²) in [6.07, 6.45) is 0.704. The van der Waals surface area contributed by atoms with Crippen molar-refractivity contribution in [2.24, 2.45) is 11.6 Å². The van der Waals surface area contributed by atoms with E-state index >= 15 is 0 Å². The summed E-state index contributed by atoms with van der Waals surface area (Å²) in [5.74, 6) is 5.78. The summed E-state index contributed by atoms with van der Waals surface area (Å²) in [5, 5.41) is 13.1. The molecule has 8 nitrogen and oxygen atoms in total. The fraction of sp³-hybridized carbons (Fsp3) is 0.429. The van der Waals surface area contributed by atoms with Crippen LogP contribution in [0.4, 0.5) is 4.79 Å². The topological polar surface area (TPSA) is 127 Å². The molecule has 0 aliphatic carbocycles. The number of pyridine rings is 1. The maximum absolute atomic E-state index is 11.7. The number of carbonyl (C=O) groups is 1. The van der Waals surface area contributed by atoms with Crippen LogP contribution in [0.15, 0.2) is 24.0 Å². The predicted molar refractivity (Wildman–Crippen MR) is 83.2 cm³/mol. The van der Waals surface area contributed by atoms with Gasteiger partial charge in [0, 0.05) is 7.05 Å². The lowest BCUT2D eigenvalue weighted by Gasteiger charge is -2.22. The standard InChI is InChI=1S/C14H23N5O3/c1-14(2,3)22-13(21)18-8-11(19(4)16)12(15)10-6-5-9(20)7-17-10/h5-7,20H,8,15-16H2,1-4H3,(H,18,21)/b12-11-. The molecular weight excluding hydrogens is 286 g/mol. The fourth-order valence-electron chi connectivity index (χ4n) is 1.57. The molecule has 0 unspecified atom stereocenters. The number of hydrazine groups is 1. The Labute approximate surface area is 129 Å². The van der Waals surface area contributed by atoms with Gasteiger partial charge in [-0.3, -0.25) is 4.98 Å². The van der Waals surface area contributed by atoms with Gasteiger partial charge < -0.3 is 25.9 Å². The third-order valence-corrected chi connectivity index (χ3v) is 2.56. The number of nitrogens with zero attached hydrogens (tertiary/aromatic N) is 2. The van der Waals surface area contributed by atoms with Gasteiger partial charge in [-0.15, -0.1) is 0 Å². The van der Waals surface area contributed by atoms with Gasteiger partial charge >= 0.3 is 6.09 Å². The fourth-order valence-corrected chi connectivity index (χ4v) is 1.57. The molecule has 8 heteroatoms. The molecule has 0 aliphatic rings. The van der Waals surface area contributed by atoms with Gasteiger partial charge in [0.05, 0.1) is 29.8 Å². The normalized spacial score (nSPS) is 12.4. The van der Waals surface area contributed by atoms with E-state index in [4.69, 9.17) is 16.3 Å². The molecule has 1 amide bonds. The number of hydrogen-bond acceptors (Lipinski definition) is 7. The zero-order valence-corrected chi connectivity index (χ0v) is 13.3. The SMILES string of the molecule is CN(N)/C(CNC(=O)OC(C)(C)C)=C(\N)c1ccc(O)cn1. The Morgan fingerprint density at radius 3 is 2.55 bits per heavy atom. The molecule has 122 valence electrons. The van der Waals surface area contributed by atoms with Gasteiger partial charge in [0.2, 0.25) is 0 Å². The van der Waals surface area contributed by atoms with Crippen molar-refractivity contribution in [2.75, 3.05) is 13.6 Å². The number of alkyl carbamates (subject to hydrolysis) is 1. The predicted octanol–water partition coefficient (Wildman–Crippen LogP) is 0.745. The summed E-state index contributed by atoms with van der Waals surface area (Å²) in [6, 6.07) is 3.02. The minimum Gasteiger partial charge on any atom is -0.506 e. The van der Waals surface area contributed by atoms with E-state index in [1.807, 2.05) is 0 Å². The van der Waals surface area contributed by atoms with Crippen molar-refractivity contribution in [1.82, 2.24) is 15.3 Å². The Kier molecular flexibility index (Phi) is 5.58. The van der Waals surface area contributed by atoms with Crippen molar-refractivity contribution in [3.63, 3.8) is 0 Å². The smallest absolute Gasteiger partial charge is 0.407 e. The van der Waals surface area contributed by atoms with E-state index in [9.17, 15) is 9.90 Å². The van der Waals surface area contributed by atoms with Crippen molar-refractivity contribution < 1.29 is 14.6 Å². The van der Waals surface area contributed by atoms with Crippen LogP contribution >= 0.6 is 0 Å². The first-order valence-electron chi connectivity index (χ1n) is 6.69. The number of nitrogens with one attached hydrogen (secondary N) is 1. The first-order chi connectivity index (χ1) is 10.1. The minimum absolute atomic E-state index is 0.0334. The summed E-state index contributed by atoms with van der Waals surface area (Å²) >= 11 is 0. The number of amides is 1. The van der Waals surface area contributed by atoms with Gasteiger partial charge in [0.1, 0.15) is 11.4 Å². The number of nitrogens with two attached hydrogens (primary N) is 2. The van der Waals surface area contributed by atoms with Crippen LogP contribution in [0, 0.1) is 0 Å². The van der Waals surface area contributed by atoms with Crippen LogP contribution in [-0.4, -0.2) is 40.4 Å². The van der Waals surface area contributed by atoms with Gasteiger partial charge in [-0.2, -0.15) is 0 Å². The van der Waals surface area contributed by atoms with Gasteiger partial charge in [-0.05, 0) is 32.9 Å². The van der Waals surface area contributed by atoms with Gasteiger partial charge in [-0.1, -0.05) is 0 Å². The van der Waals surface area contributed by atoms with Crippen molar-refractivity contribution in [3.05, 3.63) is 29.7 Å². The largest absolute Gasteiger partial charge is 0.506 e. The number of aromatic nitrogens is 1. The van der Waals surface area contributed by atoms with E-state index in [1.165, 1.54) is 17.3 Å². The Balaban J connectivity index is 2.87. The Hall–Kier alpha value is -2.48. The maximum atomic E-state index is 11.7. The van der Waals surface area contributed by atoms with Crippen molar-refractivity contribution in [1.29, 1.82) is 0 Å². The highest BCUT2D eigenvalue weighted by Crippen LogP contribution is 2.15. The zero-order valence-electron chi connectivity index (χ0n) is 13.3. The average molecular weight is 309 g/mol. The summed E-state index contributed by atoms with van der Waals surface area (Å²) < 4.78 is 5.15. The first-order valence-corrected chi connectivity index (χ1v) is 6.69. The van der Waals surface area contributed by atoms with E-state index in [-0.39, 0.29) is 12.3 Å². The number of rotatable bonds is 4. The number of ether oxygens (including phenoxy) is 1. The molecule has 0 saturated carbocycles. The van der Waals surface area contributed by atoms with Crippen molar-refractivity contribution >= 4 is 11.8 Å². The quantitative estimate of drug-likeness (QED) is 0.477. The summed E-state index contributed by atoms with van der Waals surface area (Å²) in [4.78, 5) is 15.7. The highest BCUT2D eigenvalue weighted by molar-refractivity contribution is 5.69. The minimum atomic E-state index is -0.591. The lowest BCUT2D eigenvalue weighted by molar-refractivity contribution is 0.0530. The number of likely N-dealkylation sites (N-methyl/N-ethyl adjacent to an activating group) is 1. The van der Waals surface area contributed by atoms with E-state index in [0.29, 0.717) is 17.1 Å². The Bertz CT molecular complexity index is 547. The molecule has 6 N–H and O–H groups in total. The molecule has 0 saturated heterocycles. The lowest BCUT2D eigenvalue weighted by atomic mass is 10.2. The van der Waals surface area contributed by atoms with Crippen LogP contribution in [0.5, 0.6) is 5.75 Å². The first kappa shape index (κ1) is 17.6.